The fraction of sp³-hybridized carbons (Fsp3) is 0.160. The molecule has 0 atom stereocenters. The highest BCUT2D eigenvalue weighted by molar-refractivity contribution is 8.10. The molecule has 208 valence electrons. The van der Waals surface area contributed by atoms with Crippen molar-refractivity contribution in [3.8, 4) is 5.95 Å². The Labute approximate surface area is 230 Å². The Balaban J connectivity index is 2.01. The molecule has 15 heteroatoms. The number of carbonyl (C=O) groups is 2. The van der Waals surface area contributed by atoms with Crippen LogP contribution in [-0.2, 0) is 29.5 Å². The SMILES string of the molecule is COC(=O)c1ccccc1S(=O)(=O)N(c1ccn(-c2nc(C)cc(C)n2)n1)S(=O)(=O)c1ccccc1C(=O)OC. The molecule has 0 radical (unpaired) electrons. The monoisotopic (exact) mass is 585 g/mol. The number of sulfonamides is 2. The van der Waals surface area contributed by atoms with Crippen LogP contribution in [0.3, 0.4) is 0 Å². The van der Waals surface area contributed by atoms with Gasteiger partial charge in [0.15, 0.2) is 5.82 Å². The number of benzene rings is 2. The first-order chi connectivity index (χ1) is 18.9. The normalized spacial score (nSPS) is 11.6. The second kappa shape index (κ2) is 10.9. The van der Waals surface area contributed by atoms with E-state index in [2.05, 4.69) is 15.1 Å². The lowest BCUT2D eigenvalue weighted by atomic mass is 10.2. The van der Waals surface area contributed by atoms with Crippen LogP contribution < -0.4 is 3.71 Å². The maximum Gasteiger partial charge on any atom is 0.339 e. The van der Waals surface area contributed by atoms with Gasteiger partial charge in [-0.05, 0) is 44.2 Å². The minimum Gasteiger partial charge on any atom is -0.465 e. The molecule has 0 saturated heterocycles. The molecule has 4 aromatic rings. The summed E-state index contributed by atoms with van der Waals surface area (Å²) < 4.78 is 67.1. The maximum absolute atomic E-state index is 14.1. The van der Waals surface area contributed by atoms with Gasteiger partial charge in [0, 0.05) is 23.7 Å². The number of aromatic nitrogens is 4. The summed E-state index contributed by atoms with van der Waals surface area (Å²) in [6.45, 7) is 3.44. The minimum absolute atomic E-state index is 0.0443. The Hall–Kier alpha value is -4.63. The molecule has 0 aliphatic rings. The number of ether oxygens (including phenoxy) is 2. The molecule has 0 bridgehead atoms. The first kappa shape index (κ1) is 28.4. The number of aryl methyl sites for hydroxylation is 2. The molecule has 2 aromatic carbocycles. The lowest BCUT2D eigenvalue weighted by molar-refractivity contribution is 0.0587. The highest BCUT2D eigenvalue weighted by Gasteiger charge is 2.42. The molecule has 0 amide bonds. The Bertz CT molecular complexity index is 1730. The summed E-state index contributed by atoms with van der Waals surface area (Å²) in [4.78, 5) is 32.1. The highest BCUT2D eigenvalue weighted by atomic mass is 32.3. The van der Waals surface area contributed by atoms with Gasteiger partial charge in [-0.1, -0.05) is 24.3 Å². The fourth-order valence-electron chi connectivity index (χ4n) is 3.83. The van der Waals surface area contributed by atoms with Crippen LogP contribution in [-0.4, -0.2) is 62.7 Å². The number of esters is 2. The number of hydrogen-bond acceptors (Lipinski definition) is 11. The summed E-state index contributed by atoms with van der Waals surface area (Å²) in [5.41, 5.74) is 0.360. The van der Waals surface area contributed by atoms with Gasteiger partial charge in [0.05, 0.1) is 25.3 Å². The van der Waals surface area contributed by atoms with Crippen LogP contribution in [0.25, 0.3) is 5.95 Å². The molecule has 0 aliphatic heterocycles. The predicted octanol–water partition coefficient (Wildman–Crippen LogP) is 2.44. The molecule has 2 heterocycles. The second-order valence-electron chi connectivity index (χ2n) is 8.25. The van der Waals surface area contributed by atoms with E-state index in [0.29, 0.717) is 11.4 Å². The van der Waals surface area contributed by atoms with Crippen molar-refractivity contribution in [3.63, 3.8) is 0 Å². The third-order valence-corrected chi connectivity index (χ3v) is 9.76. The van der Waals surface area contributed by atoms with Crippen LogP contribution >= 0.6 is 0 Å². The smallest absolute Gasteiger partial charge is 0.339 e. The van der Waals surface area contributed by atoms with Gasteiger partial charge in [0.2, 0.25) is 0 Å². The number of rotatable bonds is 8. The third-order valence-electron chi connectivity index (χ3n) is 5.51. The van der Waals surface area contributed by atoms with Gasteiger partial charge in [0.25, 0.3) is 26.0 Å². The molecular weight excluding hydrogens is 562 g/mol. The van der Waals surface area contributed by atoms with Gasteiger partial charge in [-0.2, -0.15) is 16.8 Å². The van der Waals surface area contributed by atoms with Crippen molar-refractivity contribution in [2.75, 3.05) is 17.9 Å². The summed E-state index contributed by atoms with van der Waals surface area (Å²) >= 11 is 0. The largest absolute Gasteiger partial charge is 0.465 e. The Morgan fingerprint density at radius 2 is 1.20 bits per heavy atom. The van der Waals surface area contributed by atoms with Gasteiger partial charge in [-0.15, -0.1) is 8.81 Å². The average Bonchev–Trinajstić information content (AvgIpc) is 3.40. The molecule has 0 saturated carbocycles. The van der Waals surface area contributed by atoms with E-state index in [1.807, 2.05) is 0 Å². The lowest BCUT2D eigenvalue weighted by Gasteiger charge is -2.23. The van der Waals surface area contributed by atoms with Crippen LogP contribution in [0.1, 0.15) is 32.1 Å². The van der Waals surface area contributed by atoms with Gasteiger partial charge in [0.1, 0.15) is 9.79 Å². The van der Waals surface area contributed by atoms with Crippen molar-refractivity contribution >= 4 is 37.8 Å². The van der Waals surface area contributed by atoms with Crippen molar-refractivity contribution in [1.29, 1.82) is 0 Å². The average molecular weight is 586 g/mol. The van der Waals surface area contributed by atoms with Gasteiger partial charge < -0.3 is 9.47 Å². The number of anilines is 1. The molecule has 0 fully saturated rings. The Morgan fingerprint density at radius 3 is 1.65 bits per heavy atom. The van der Waals surface area contributed by atoms with Gasteiger partial charge in [-0.25, -0.2) is 24.2 Å². The zero-order valence-electron chi connectivity index (χ0n) is 21.7. The summed E-state index contributed by atoms with van der Waals surface area (Å²) in [7, 11) is -8.10. The van der Waals surface area contributed by atoms with E-state index in [0.717, 1.165) is 37.1 Å². The Kier molecular flexibility index (Phi) is 7.70. The summed E-state index contributed by atoms with van der Waals surface area (Å²) in [5.74, 6) is -2.55. The lowest BCUT2D eigenvalue weighted by Crippen LogP contribution is -2.39. The zero-order valence-corrected chi connectivity index (χ0v) is 23.3. The van der Waals surface area contributed by atoms with Crippen LogP contribution in [0.4, 0.5) is 5.82 Å². The minimum atomic E-state index is -5.10. The molecule has 4 rings (SSSR count). The van der Waals surface area contributed by atoms with E-state index in [4.69, 9.17) is 9.47 Å². The predicted molar refractivity (Wildman–Crippen MR) is 141 cm³/mol. The van der Waals surface area contributed by atoms with Crippen LogP contribution in [0.2, 0.25) is 0 Å². The third kappa shape index (κ3) is 5.15. The van der Waals surface area contributed by atoms with E-state index in [1.54, 1.807) is 19.9 Å². The van der Waals surface area contributed by atoms with E-state index in [9.17, 15) is 26.4 Å². The van der Waals surface area contributed by atoms with Crippen molar-refractivity contribution in [2.24, 2.45) is 0 Å². The summed E-state index contributed by atoms with van der Waals surface area (Å²) in [5, 5.41) is 4.16. The van der Waals surface area contributed by atoms with Crippen LogP contribution in [0.5, 0.6) is 0 Å². The highest BCUT2D eigenvalue weighted by Crippen LogP contribution is 2.33. The quantitative estimate of drug-likeness (QED) is 0.279. The molecule has 13 nitrogen and oxygen atoms in total. The van der Waals surface area contributed by atoms with E-state index in [-0.39, 0.29) is 9.66 Å². The van der Waals surface area contributed by atoms with E-state index >= 15 is 0 Å². The van der Waals surface area contributed by atoms with Crippen LogP contribution in [0.15, 0.2) is 76.7 Å². The van der Waals surface area contributed by atoms with Crippen LogP contribution in [0, 0.1) is 13.8 Å². The van der Waals surface area contributed by atoms with Gasteiger partial charge in [-0.3, -0.25) is 0 Å². The van der Waals surface area contributed by atoms with Crippen molar-refractivity contribution < 1.29 is 35.9 Å². The van der Waals surface area contributed by atoms with Crippen molar-refractivity contribution in [1.82, 2.24) is 19.7 Å². The molecule has 40 heavy (non-hydrogen) atoms. The first-order valence-electron chi connectivity index (χ1n) is 11.5. The summed E-state index contributed by atoms with van der Waals surface area (Å²) in [6, 6.07) is 12.7. The molecule has 0 aliphatic carbocycles. The number of methoxy groups -OCH3 is 2. The summed E-state index contributed by atoms with van der Waals surface area (Å²) in [6.07, 6.45) is 1.28. The molecule has 0 spiro atoms. The number of carbonyl (C=O) groups excluding carboxylic acids is 2. The zero-order chi connectivity index (χ0) is 29.2. The maximum atomic E-state index is 14.1. The second-order valence-corrected chi connectivity index (χ2v) is 12.0. The Morgan fingerprint density at radius 1 is 0.750 bits per heavy atom. The molecule has 0 unspecified atom stereocenters. The topological polar surface area (TPSA) is 168 Å². The first-order valence-corrected chi connectivity index (χ1v) is 14.3. The standard InChI is InChI=1S/C25H23N5O8S2/c1-16-15-17(2)27-25(26-16)29-14-13-22(28-29)30(39(33,34)20-11-7-5-9-18(20)23(31)37-3)40(35,36)21-12-8-6-10-19(21)24(32)38-4/h5-15H,1-4H3. The van der Waals surface area contributed by atoms with Crippen molar-refractivity contribution in [2.45, 2.75) is 23.6 Å². The molecule has 0 N–H and O–H groups in total. The van der Waals surface area contributed by atoms with E-state index < -0.39 is 58.7 Å². The number of nitrogens with zero attached hydrogens (tertiary/aromatic N) is 5. The van der Waals surface area contributed by atoms with Gasteiger partial charge >= 0.3 is 11.9 Å². The molecule has 2 aromatic heterocycles. The molecular formula is C25H23N5O8S2. The van der Waals surface area contributed by atoms with Crippen molar-refractivity contribution in [3.05, 3.63) is 89.4 Å². The van der Waals surface area contributed by atoms with E-state index in [1.165, 1.54) is 42.6 Å². The fourth-order valence-corrected chi connectivity index (χ4v) is 7.75. The number of hydrogen-bond donors (Lipinski definition) is 0.